The molecule has 1 aliphatic heterocycles. The van der Waals surface area contributed by atoms with Gasteiger partial charge in [0, 0.05) is 16.8 Å². The number of nitro benzene ring substituents is 1. The summed E-state index contributed by atoms with van der Waals surface area (Å²) in [7, 11) is 0. The summed E-state index contributed by atoms with van der Waals surface area (Å²) in [6.07, 6.45) is -0.683. The predicted molar refractivity (Wildman–Crippen MR) is 104 cm³/mol. The number of aliphatic hydroxyl groups is 1. The van der Waals surface area contributed by atoms with Gasteiger partial charge in [-0.3, -0.25) is 10.1 Å². The Bertz CT molecular complexity index is 781. The third-order valence-electron chi connectivity index (χ3n) is 4.66. The lowest BCUT2D eigenvalue weighted by Crippen LogP contribution is -3.16. The van der Waals surface area contributed by atoms with Crippen LogP contribution >= 0.6 is 11.6 Å². The van der Waals surface area contributed by atoms with Crippen molar-refractivity contribution in [2.45, 2.75) is 6.10 Å². The average molecular weight is 393 g/mol. The molecule has 2 N–H and O–H groups in total. The van der Waals surface area contributed by atoms with Gasteiger partial charge in [0.2, 0.25) is 0 Å². The number of anilines is 1. The van der Waals surface area contributed by atoms with Crippen molar-refractivity contribution in [3.63, 3.8) is 0 Å². The predicted octanol–water partition coefficient (Wildman–Crippen LogP) is 1.39. The molecular formula is C19H23ClN3O4+. The van der Waals surface area contributed by atoms with E-state index in [0.717, 1.165) is 36.9 Å². The minimum Gasteiger partial charge on any atom is -0.484 e. The molecule has 0 amide bonds. The van der Waals surface area contributed by atoms with Crippen LogP contribution in [-0.4, -0.2) is 55.5 Å². The summed E-state index contributed by atoms with van der Waals surface area (Å²) in [5.41, 5.74) is 1.02. The van der Waals surface area contributed by atoms with Crippen LogP contribution in [0.5, 0.6) is 5.75 Å². The first-order valence-corrected chi connectivity index (χ1v) is 9.29. The standard InChI is InChI=1S/C19H22ClN3O4/c20-15-4-3-5-16(12-15)22-10-8-21(9-11-22)13-17(24)14-27-19-7-2-1-6-18(19)23(25)26/h1-7,12,17,24H,8-11,13-14H2/p+1/t17-/m1/s1. The van der Waals surface area contributed by atoms with E-state index < -0.39 is 11.0 Å². The number of para-hydroxylation sites is 2. The zero-order valence-corrected chi connectivity index (χ0v) is 15.6. The summed E-state index contributed by atoms with van der Waals surface area (Å²) in [4.78, 5) is 14.1. The highest BCUT2D eigenvalue weighted by atomic mass is 35.5. The molecule has 0 spiro atoms. The van der Waals surface area contributed by atoms with Crippen LogP contribution in [-0.2, 0) is 0 Å². The van der Waals surface area contributed by atoms with E-state index in [9.17, 15) is 15.2 Å². The van der Waals surface area contributed by atoms with Crippen molar-refractivity contribution in [3.05, 3.63) is 63.7 Å². The minimum absolute atomic E-state index is 0.0341. The quantitative estimate of drug-likeness (QED) is 0.550. The van der Waals surface area contributed by atoms with Crippen LogP contribution in [0.3, 0.4) is 0 Å². The number of ether oxygens (including phenoxy) is 1. The van der Waals surface area contributed by atoms with Crippen LogP contribution in [0.25, 0.3) is 0 Å². The van der Waals surface area contributed by atoms with Gasteiger partial charge in [-0.25, -0.2) is 0 Å². The monoisotopic (exact) mass is 392 g/mol. The van der Waals surface area contributed by atoms with Crippen molar-refractivity contribution in [2.75, 3.05) is 44.2 Å². The fourth-order valence-electron chi connectivity index (χ4n) is 3.27. The van der Waals surface area contributed by atoms with E-state index in [0.29, 0.717) is 6.54 Å². The number of hydrogen-bond donors (Lipinski definition) is 2. The molecule has 144 valence electrons. The molecule has 8 heteroatoms. The van der Waals surface area contributed by atoms with E-state index in [1.54, 1.807) is 18.2 Å². The van der Waals surface area contributed by atoms with Crippen molar-refractivity contribution in [1.82, 2.24) is 0 Å². The zero-order chi connectivity index (χ0) is 19.2. The van der Waals surface area contributed by atoms with Crippen molar-refractivity contribution >= 4 is 23.0 Å². The molecule has 2 aromatic rings. The number of piperazine rings is 1. The van der Waals surface area contributed by atoms with E-state index >= 15 is 0 Å². The number of hydrogen-bond acceptors (Lipinski definition) is 5. The molecule has 1 heterocycles. The first-order valence-electron chi connectivity index (χ1n) is 8.91. The molecule has 0 unspecified atom stereocenters. The van der Waals surface area contributed by atoms with E-state index in [4.69, 9.17) is 16.3 Å². The van der Waals surface area contributed by atoms with Gasteiger partial charge in [0.1, 0.15) is 19.3 Å². The Morgan fingerprint density at radius 3 is 2.67 bits per heavy atom. The molecule has 1 fully saturated rings. The molecule has 0 radical (unpaired) electrons. The molecule has 2 aromatic carbocycles. The Balaban J connectivity index is 1.46. The second-order valence-electron chi connectivity index (χ2n) is 6.61. The maximum Gasteiger partial charge on any atom is 0.310 e. The molecule has 1 saturated heterocycles. The van der Waals surface area contributed by atoms with Crippen molar-refractivity contribution in [1.29, 1.82) is 0 Å². The summed E-state index contributed by atoms with van der Waals surface area (Å²) in [5.74, 6) is 0.183. The first kappa shape index (κ1) is 19.4. The second-order valence-corrected chi connectivity index (χ2v) is 7.05. The molecule has 0 bridgehead atoms. The molecule has 3 rings (SSSR count). The van der Waals surface area contributed by atoms with Gasteiger partial charge in [-0.15, -0.1) is 0 Å². The summed E-state index contributed by atoms with van der Waals surface area (Å²) in [6.45, 7) is 4.14. The molecule has 27 heavy (non-hydrogen) atoms. The van der Waals surface area contributed by atoms with Gasteiger partial charge in [-0.2, -0.15) is 0 Å². The Morgan fingerprint density at radius 2 is 1.96 bits per heavy atom. The Hall–Kier alpha value is -2.35. The van der Waals surface area contributed by atoms with Gasteiger partial charge in [0.15, 0.2) is 5.75 Å². The lowest BCUT2D eigenvalue weighted by atomic mass is 10.2. The molecular weight excluding hydrogens is 370 g/mol. The largest absolute Gasteiger partial charge is 0.484 e. The third-order valence-corrected chi connectivity index (χ3v) is 4.90. The Kier molecular flexibility index (Phi) is 6.49. The van der Waals surface area contributed by atoms with E-state index in [2.05, 4.69) is 4.90 Å². The number of nitro groups is 1. The van der Waals surface area contributed by atoms with Crippen LogP contribution in [0, 0.1) is 10.1 Å². The highest BCUT2D eigenvalue weighted by Gasteiger charge is 2.23. The van der Waals surface area contributed by atoms with E-state index in [-0.39, 0.29) is 18.0 Å². The van der Waals surface area contributed by atoms with Crippen LogP contribution in [0.1, 0.15) is 0 Å². The molecule has 1 atom stereocenters. The summed E-state index contributed by atoms with van der Waals surface area (Å²) < 4.78 is 5.48. The number of benzene rings is 2. The molecule has 0 aromatic heterocycles. The molecule has 7 nitrogen and oxygen atoms in total. The SMILES string of the molecule is O=[N+]([O-])c1ccccc1OC[C@H](O)C[NH+]1CCN(c2cccc(Cl)c2)CC1. The fourth-order valence-corrected chi connectivity index (χ4v) is 3.45. The van der Waals surface area contributed by atoms with Crippen LogP contribution in [0.2, 0.25) is 5.02 Å². The second kappa shape index (κ2) is 9.03. The molecule has 1 aliphatic rings. The van der Waals surface area contributed by atoms with Gasteiger partial charge in [-0.1, -0.05) is 29.8 Å². The van der Waals surface area contributed by atoms with Crippen LogP contribution in [0.4, 0.5) is 11.4 Å². The lowest BCUT2D eigenvalue weighted by molar-refractivity contribution is -0.903. The Labute approximate surface area is 162 Å². The van der Waals surface area contributed by atoms with Crippen LogP contribution < -0.4 is 14.5 Å². The summed E-state index contributed by atoms with van der Waals surface area (Å²) in [5, 5.41) is 22.0. The van der Waals surface area contributed by atoms with E-state index in [1.165, 1.54) is 11.0 Å². The van der Waals surface area contributed by atoms with Crippen molar-refractivity contribution < 1.29 is 19.7 Å². The zero-order valence-electron chi connectivity index (χ0n) is 14.9. The number of aliphatic hydroxyl groups excluding tert-OH is 1. The summed E-state index contributed by atoms with van der Waals surface area (Å²) in [6, 6.07) is 14.0. The number of quaternary nitrogens is 1. The average Bonchev–Trinajstić information content (AvgIpc) is 2.67. The van der Waals surface area contributed by atoms with Gasteiger partial charge >= 0.3 is 5.69 Å². The number of rotatable bonds is 7. The van der Waals surface area contributed by atoms with Gasteiger partial charge < -0.3 is 19.6 Å². The maximum atomic E-state index is 11.0. The Morgan fingerprint density at radius 1 is 1.22 bits per heavy atom. The number of nitrogens with zero attached hydrogens (tertiary/aromatic N) is 2. The molecule has 0 saturated carbocycles. The minimum atomic E-state index is -0.683. The molecule has 0 aliphatic carbocycles. The van der Waals surface area contributed by atoms with E-state index in [1.807, 2.05) is 24.3 Å². The lowest BCUT2D eigenvalue weighted by Gasteiger charge is -2.34. The van der Waals surface area contributed by atoms with Gasteiger partial charge in [0.25, 0.3) is 0 Å². The van der Waals surface area contributed by atoms with Gasteiger partial charge in [0.05, 0.1) is 31.1 Å². The fraction of sp³-hybridized carbons (Fsp3) is 0.368. The first-order chi connectivity index (χ1) is 13.0. The number of halogens is 1. The highest BCUT2D eigenvalue weighted by molar-refractivity contribution is 6.30. The highest BCUT2D eigenvalue weighted by Crippen LogP contribution is 2.25. The van der Waals surface area contributed by atoms with Gasteiger partial charge in [-0.05, 0) is 24.3 Å². The maximum absolute atomic E-state index is 11.0. The number of nitrogens with one attached hydrogen (secondary N) is 1. The smallest absolute Gasteiger partial charge is 0.310 e. The van der Waals surface area contributed by atoms with Crippen LogP contribution in [0.15, 0.2) is 48.5 Å². The third kappa shape index (κ3) is 5.32. The summed E-state index contributed by atoms with van der Waals surface area (Å²) >= 11 is 6.06. The van der Waals surface area contributed by atoms with Crippen molar-refractivity contribution in [2.24, 2.45) is 0 Å². The van der Waals surface area contributed by atoms with Crippen molar-refractivity contribution in [3.8, 4) is 5.75 Å². The normalized spacial score (nSPS) is 16.1. The topological polar surface area (TPSA) is 80.3 Å².